The number of hydrogen-bond acceptors (Lipinski definition) is 4. The molecular formula is C14H21N3OS. The van der Waals surface area contributed by atoms with Crippen molar-refractivity contribution in [3.05, 3.63) is 22.4 Å². The van der Waals surface area contributed by atoms with Gasteiger partial charge in [0.25, 0.3) is 0 Å². The van der Waals surface area contributed by atoms with Gasteiger partial charge in [-0.2, -0.15) is 0 Å². The van der Waals surface area contributed by atoms with Crippen molar-refractivity contribution < 1.29 is 4.79 Å². The minimum absolute atomic E-state index is 0.0730. The summed E-state index contributed by atoms with van der Waals surface area (Å²) in [6.07, 6.45) is 1.00. The Hall–Kier alpha value is -0.910. The van der Waals surface area contributed by atoms with Crippen molar-refractivity contribution >= 4 is 17.2 Å². The van der Waals surface area contributed by atoms with Crippen molar-refractivity contribution in [2.75, 3.05) is 27.2 Å². The van der Waals surface area contributed by atoms with Crippen LogP contribution in [-0.4, -0.2) is 55.0 Å². The molecule has 1 N–H and O–H groups in total. The quantitative estimate of drug-likeness (QED) is 0.896. The Morgan fingerprint density at radius 2 is 2.37 bits per heavy atom. The SMILES string of the molecule is CNC(=O)[C@@H]1C[C@H]2CN(Cc3cccs3)C[C@H]2N1C. The first kappa shape index (κ1) is 13.1. The summed E-state index contributed by atoms with van der Waals surface area (Å²) < 4.78 is 0. The van der Waals surface area contributed by atoms with Gasteiger partial charge < -0.3 is 5.32 Å². The number of nitrogens with zero attached hydrogens (tertiary/aromatic N) is 2. The third-order valence-corrected chi connectivity index (χ3v) is 5.39. The van der Waals surface area contributed by atoms with Crippen LogP contribution >= 0.6 is 11.3 Å². The maximum atomic E-state index is 11.8. The van der Waals surface area contributed by atoms with Gasteiger partial charge in [-0.1, -0.05) is 6.07 Å². The van der Waals surface area contributed by atoms with Crippen LogP contribution in [0.4, 0.5) is 0 Å². The first-order valence-electron chi connectivity index (χ1n) is 6.87. The first-order valence-corrected chi connectivity index (χ1v) is 7.75. The predicted octanol–water partition coefficient (Wildman–Crippen LogP) is 0.999. The second-order valence-electron chi connectivity index (χ2n) is 5.63. The molecule has 0 spiro atoms. The second kappa shape index (κ2) is 5.23. The van der Waals surface area contributed by atoms with Crippen molar-refractivity contribution in [2.24, 2.45) is 5.92 Å². The lowest BCUT2D eigenvalue weighted by Crippen LogP contribution is -2.44. The molecule has 1 amide bonds. The number of carbonyl (C=O) groups is 1. The molecule has 3 rings (SSSR count). The fourth-order valence-corrected chi connectivity index (χ4v) is 4.28. The van der Waals surface area contributed by atoms with E-state index < -0.39 is 0 Å². The number of hydrogen-bond donors (Lipinski definition) is 1. The lowest BCUT2D eigenvalue weighted by molar-refractivity contribution is -0.125. The zero-order chi connectivity index (χ0) is 13.4. The highest BCUT2D eigenvalue weighted by Gasteiger charge is 2.46. The fraction of sp³-hybridized carbons (Fsp3) is 0.643. The number of nitrogens with one attached hydrogen (secondary N) is 1. The fourth-order valence-electron chi connectivity index (χ4n) is 3.53. The number of thiophene rings is 1. The molecule has 3 atom stereocenters. The Morgan fingerprint density at radius 1 is 1.53 bits per heavy atom. The van der Waals surface area contributed by atoms with Crippen LogP contribution in [0.3, 0.4) is 0 Å². The van der Waals surface area contributed by atoms with E-state index in [0.29, 0.717) is 12.0 Å². The highest BCUT2D eigenvalue weighted by molar-refractivity contribution is 7.09. The van der Waals surface area contributed by atoms with E-state index in [1.54, 1.807) is 7.05 Å². The molecule has 0 unspecified atom stereocenters. The van der Waals surface area contributed by atoms with Gasteiger partial charge in [-0.3, -0.25) is 14.6 Å². The smallest absolute Gasteiger partial charge is 0.237 e. The van der Waals surface area contributed by atoms with Gasteiger partial charge >= 0.3 is 0 Å². The van der Waals surface area contributed by atoms with E-state index in [1.807, 2.05) is 11.3 Å². The topological polar surface area (TPSA) is 35.6 Å². The minimum atomic E-state index is 0.0730. The number of likely N-dealkylation sites (N-methyl/N-ethyl adjacent to an activating group) is 2. The molecule has 0 radical (unpaired) electrons. The van der Waals surface area contributed by atoms with Gasteiger partial charge in [-0.05, 0) is 30.8 Å². The second-order valence-corrected chi connectivity index (χ2v) is 6.66. The van der Waals surface area contributed by atoms with Crippen LogP contribution in [0.25, 0.3) is 0 Å². The first-order chi connectivity index (χ1) is 9.19. The molecule has 2 aliphatic rings. The maximum Gasteiger partial charge on any atom is 0.237 e. The largest absolute Gasteiger partial charge is 0.358 e. The summed E-state index contributed by atoms with van der Waals surface area (Å²) in [5.74, 6) is 0.814. The standard InChI is InChI=1S/C14H21N3OS/c1-15-14(18)12-6-10-7-17(9-13(10)16(12)2)8-11-4-3-5-19-11/h3-5,10,12-13H,6-9H2,1-2H3,(H,15,18)/t10-,12-,13+/m0/s1. The maximum absolute atomic E-state index is 11.8. The summed E-state index contributed by atoms with van der Waals surface area (Å²) in [4.78, 5) is 18.1. The van der Waals surface area contributed by atoms with Gasteiger partial charge in [0.05, 0.1) is 6.04 Å². The number of carbonyl (C=O) groups excluding carboxylic acids is 1. The van der Waals surface area contributed by atoms with Crippen molar-refractivity contribution in [1.82, 2.24) is 15.1 Å². The molecule has 104 valence electrons. The third kappa shape index (κ3) is 2.42. The van der Waals surface area contributed by atoms with Gasteiger partial charge in [0, 0.05) is 37.6 Å². The number of fused-ring (bicyclic) bond motifs is 1. The monoisotopic (exact) mass is 279 g/mol. The molecule has 2 saturated heterocycles. The molecule has 0 aromatic carbocycles. The van der Waals surface area contributed by atoms with Crippen LogP contribution in [0.15, 0.2) is 17.5 Å². The summed E-state index contributed by atoms with van der Waals surface area (Å²) in [6.45, 7) is 3.27. The number of rotatable bonds is 3. The van der Waals surface area contributed by atoms with Gasteiger partial charge in [0.15, 0.2) is 0 Å². The Balaban J connectivity index is 1.61. The Labute approximate surface area is 118 Å². The molecule has 1 aromatic heterocycles. The lowest BCUT2D eigenvalue weighted by atomic mass is 10.0. The van der Waals surface area contributed by atoms with Crippen LogP contribution in [0.5, 0.6) is 0 Å². The average molecular weight is 279 g/mol. The summed E-state index contributed by atoms with van der Waals surface area (Å²) in [7, 11) is 3.83. The van der Waals surface area contributed by atoms with Gasteiger partial charge in [0.1, 0.15) is 0 Å². The van der Waals surface area contributed by atoms with Crippen molar-refractivity contribution in [2.45, 2.75) is 25.0 Å². The van der Waals surface area contributed by atoms with Crippen molar-refractivity contribution in [1.29, 1.82) is 0 Å². The average Bonchev–Trinajstić information content (AvgIpc) is 3.09. The van der Waals surface area contributed by atoms with Crippen LogP contribution in [-0.2, 0) is 11.3 Å². The molecule has 0 bridgehead atoms. The van der Waals surface area contributed by atoms with E-state index in [4.69, 9.17) is 0 Å². The van der Waals surface area contributed by atoms with E-state index >= 15 is 0 Å². The molecule has 4 nitrogen and oxygen atoms in total. The summed E-state index contributed by atoms with van der Waals surface area (Å²) >= 11 is 1.83. The molecule has 19 heavy (non-hydrogen) atoms. The molecule has 2 aliphatic heterocycles. The zero-order valence-electron chi connectivity index (χ0n) is 11.5. The predicted molar refractivity (Wildman–Crippen MR) is 77.1 cm³/mol. The van der Waals surface area contributed by atoms with E-state index in [1.165, 1.54) is 4.88 Å². The molecule has 2 fully saturated rings. The van der Waals surface area contributed by atoms with Crippen LogP contribution < -0.4 is 5.32 Å². The normalized spacial score (nSPS) is 31.6. The lowest BCUT2D eigenvalue weighted by Gasteiger charge is -2.25. The Morgan fingerprint density at radius 3 is 3.00 bits per heavy atom. The molecule has 5 heteroatoms. The van der Waals surface area contributed by atoms with Crippen LogP contribution in [0.1, 0.15) is 11.3 Å². The Kier molecular flexibility index (Phi) is 3.60. The minimum Gasteiger partial charge on any atom is -0.358 e. The van der Waals surface area contributed by atoms with Crippen molar-refractivity contribution in [3.8, 4) is 0 Å². The number of amides is 1. The van der Waals surface area contributed by atoms with Crippen molar-refractivity contribution in [3.63, 3.8) is 0 Å². The molecular weight excluding hydrogens is 258 g/mol. The Bertz CT molecular complexity index is 448. The van der Waals surface area contributed by atoms with E-state index in [2.05, 4.69) is 39.7 Å². The van der Waals surface area contributed by atoms with E-state index in [0.717, 1.165) is 26.1 Å². The summed E-state index contributed by atoms with van der Waals surface area (Å²) in [6, 6.07) is 4.94. The molecule has 1 aromatic rings. The highest BCUT2D eigenvalue weighted by Crippen LogP contribution is 2.35. The molecule has 0 aliphatic carbocycles. The van der Waals surface area contributed by atoms with Crippen LogP contribution in [0, 0.1) is 5.92 Å². The van der Waals surface area contributed by atoms with Gasteiger partial charge in [-0.15, -0.1) is 11.3 Å². The van der Waals surface area contributed by atoms with Crippen LogP contribution in [0.2, 0.25) is 0 Å². The zero-order valence-corrected chi connectivity index (χ0v) is 12.3. The van der Waals surface area contributed by atoms with Gasteiger partial charge in [0.2, 0.25) is 5.91 Å². The highest BCUT2D eigenvalue weighted by atomic mass is 32.1. The van der Waals surface area contributed by atoms with E-state index in [9.17, 15) is 4.79 Å². The molecule has 3 heterocycles. The summed E-state index contributed by atoms with van der Waals surface area (Å²) in [5, 5.41) is 4.92. The van der Waals surface area contributed by atoms with E-state index in [-0.39, 0.29) is 11.9 Å². The van der Waals surface area contributed by atoms with Gasteiger partial charge in [-0.25, -0.2) is 0 Å². The number of likely N-dealkylation sites (tertiary alicyclic amines) is 2. The summed E-state index contributed by atoms with van der Waals surface area (Å²) in [5.41, 5.74) is 0. The molecule has 0 saturated carbocycles. The third-order valence-electron chi connectivity index (χ3n) is 4.53.